The molecule has 0 unspecified atom stereocenters. The van der Waals surface area contributed by atoms with Crippen LogP contribution in [-0.4, -0.2) is 30.7 Å². The van der Waals surface area contributed by atoms with Gasteiger partial charge in [-0.15, -0.1) is 0 Å². The topological polar surface area (TPSA) is 56.3 Å². The van der Waals surface area contributed by atoms with Gasteiger partial charge in [0.1, 0.15) is 17.3 Å². The van der Waals surface area contributed by atoms with Crippen molar-refractivity contribution in [2.45, 2.75) is 13.8 Å². The second-order valence-corrected chi connectivity index (χ2v) is 5.18. The maximum Gasteiger partial charge on any atom is 0.165 e. The molecule has 0 atom stereocenters. The molecule has 6 heteroatoms. The van der Waals surface area contributed by atoms with Gasteiger partial charge in [-0.1, -0.05) is 0 Å². The summed E-state index contributed by atoms with van der Waals surface area (Å²) in [6.45, 7) is 4.75. The van der Waals surface area contributed by atoms with Gasteiger partial charge in [-0.3, -0.25) is 0 Å². The summed E-state index contributed by atoms with van der Waals surface area (Å²) in [6.07, 6.45) is 0. The van der Waals surface area contributed by atoms with Crippen LogP contribution < -0.4 is 14.8 Å². The summed E-state index contributed by atoms with van der Waals surface area (Å²) in [5.41, 5.74) is 1.70. The Morgan fingerprint density at radius 2 is 1.95 bits per heavy atom. The molecule has 5 nitrogen and oxygen atoms in total. The average molecular weight is 352 g/mol. The quantitative estimate of drug-likeness (QED) is 0.890. The highest BCUT2D eigenvalue weighted by molar-refractivity contribution is 9.10. The summed E-state index contributed by atoms with van der Waals surface area (Å²) < 4.78 is 11.5. The summed E-state index contributed by atoms with van der Waals surface area (Å²) in [6, 6.07) is 5.59. The lowest BCUT2D eigenvalue weighted by atomic mass is 10.1. The van der Waals surface area contributed by atoms with E-state index in [0.717, 1.165) is 33.8 Å². The number of ether oxygens (including phenoxy) is 2. The lowest BCUT2D eigenvalue weighted by Gasteiger charge is -2.13. The van der Waals surface area contributed by atoms with Gasteiger partial charge in [0.2, 0.25) is 0 Å². The largest absolute Gasteiger partial charge is 0.497 e. The first-order chi connectivity index (χ1) is 10.1. The predicted octanol–water partition coefficient (Wildman–Crippen LogP) is 3.66. The highest BCUT2D eigenvalue weighted by Crippen LogP contribution is 2.33. The molecule has 0 aliphatic heterocycles. The van der Waals surface area contributed by atoms with Crippen LogP contribution in [0.1, 0.15) is 12.6 Å². The maximum absolute atomic E-state index is 5.42. The fourth-order valence-electron chi connectivity index (χ4n) is 1.95. The fraction of sp³-hybridized carbons (Fsp3) is 0.333. The van der Waals surface area contributed by atoms with Gasteiger partial charge in [-0.25, -0.2) is 9.97 Å². The summed E-state index contributed by atoms with van der Waals surface area (Å²) in [7, 11) is 3.24. The van der Waals surface area contributed by atoms with Crippen molar-refractivity contribution >= 4 is 21.7 Å². The van der Waals surface area contributed by atoms with Crippen molar-refractivity contribution < 1.29 is 9.47 Å². The first-order valence-corrected chi connectivity index (χ1v) is 7.40. The highest BCUT2D eigenvalue weighted by atomic mass is 79.9. The molecule has 0 aliphatic rings. The van der Waals surface area contributed by atoms with Crippen molar-refractivity contribution in [1.82, 2.24) is 9.97 Å². The van der Waals surface area contributed by atoms with E-state index in [-0.39, 0.29) is 0 Å². The molecule has 21 heavy (non-hydrogen) atoms. The molecule has 0 radical (unpaired) electrons. The van der Waals surface area contributed by atoms with E-state index in [0.29, 0.717) is 11.6 Å². The number of methoxy groups -OCH3 is 2. The van der Waals surface area contributed by atoms with E-state index in [2.05, 4.69) is 31.2 Å². The molecule has 1 aromatic carbocycles. The van der Waals surface area contributed by atoms with Crippen LogP contribution in [0.3, 0.4) is 0 Å². The zero-order valence-corrected chi connectivity index (χ0v) is 14.1. The maximum atomic E-state index is 5.42. The molecule has 1 aromatic heterocycles. The third kappa shape index (κ3) is 3.26. The number of anilines is 1. The second kappa shape index (κ2) is 6.76. The third-order valence-corrected chi connectivity index (χ3v) is 3.96. The molecule has 1 N–H and O–H groups in total. The number of hydrogen-bond acceptors (Lipinski definition) is 5. The Hall–Kier alpha value is -1.82. The number of aryl methyl sites for hydroxylation is 1. The third-order valence-electron chi connectivity index (χ3n) is 3.01. The lowest BCUT2D eigenvalue weighted by Crippen LogP contribution is -2.05. The van der Waals surface area contributed by atoms with Crippen LogP contribution >= 0.6 is 15.9 Å². The van der Waals surface area contributed by atoms with Crippen molar-refractivity contribution in [3.63, 3.8) is 0 Å². The molecular formula is C15H18BrN3O2. The first kappa shape index (κ1) is 15.6. The van der Waals surface area contributed by atoms with E-state index in [9.17, 15) is 0 Å². The molecule has 0 saturated carbocycles. The Bertz CT molecular complexity index is 647. The van der Waals surface area contributed by atoms with Crippen molar-refractivity contribution in [3.05, 3.63) is 28.4 Å². The minimum atomic E-state index is 0.617. The molecule has 1 heterocycles. The van der Waals surface area contributed by atoms with E-state index in [1.54, 1.807) is 14.2 Å². The molecule has 0 fully saturated rings. The van der Waals surface area contributed by atoms with Gasteiger partial charge in [0.05, 0.1) is 29.9 Å². The van der Waals surface area contributed by atoms with Crippen LogP contribution in [0.2, 0.25) is 0 Å². The summed E-state index contributed by atoms with van der Waals surface area (Å²) in [4.78, 5) is 9.10. The highest BCUT2D eigenvalue weighted by Gasteiger charge is 2.14. The van der Waals surface area contributed by atoms with Crippen LogP contribution in [-0.2, 0) is 0 Å². The predicted molar refractivity (Wildman–Crippen MR) is 87.2 cm³/mol. The Kier molecular flexibility index (Phi) is 5.01. The molecule has 0 spiro atoms. The Balaban J connectivity index is 2.56. The minimum Gasteiger partial charge on any atom is -0.497 e. The van der Waals surface area contributed by atoms with Gasteiger partial charge in [0.25, 0.3) is 0 Å². The molecule has 112 valence electrons. The molecular weight excluding hydrogens is 334 g/mol. The number of rotatable bonds is 5. The Morgan fingerprint density at radius 3 is 2.57 bits per heavy atom. The van der Waals surface area contributed by atoms with Crippen LogP contribution in [0.4, 0.5) is 5.82 Å². The van der Waals surface area contributed by atoms with Crippen molar-refractivity contribution in [2.75, 3.05) is 26.1 Å². The van der Waals surface area contributed by atoms with Gasteiger partial charge in [-0.05, 0) is 41.9 Å². The number of aromatic nitrogens is 2. The number of nitrogens with one attached hydrogen (secondary N) is 1. The fourth-order valence-corrected chi connectivity index (χ4v) is 2.27. The van der Waals surface area contributed by atoms with Crippen LogP contribution in [0.15, 0.2) is 22.7 Å². The lowest BCUT2D eigenvalue weighted by molar-refractivity contribution is 0.395. The second-order valence-electron chi connectivity index (χ2n) is 4.39. The summed E-state index contributed by atoms with van der Waals surface area (Å²) in [5, 5.41) is 3.22. The van der Waals surface area contributed by atoms with Crippen molar-refractivity contribution in [2.24, 2.45) is 0 Å². The van der Waals surface area contributed by atoms with E-state index in [4.69, 9.17) is 9.47 Å². The van der Waals surface area contributed by atoms with E-state index in [1.165, 1.54) is 0 Å². The molecule has 0 saturated heterocycles. The average Bonchev–Trinajstić information content (AvgIpc) is 2.51. The van der Waals surface area contributed by atoms with Crippen LogP contribution in [0.5, 0.6) is 11.5 Å². The number of hydrogen-bond donors (Lipinski definition) is 1. The molecule has 2 rings (SSSR count). The zero-order chi connectivity index (χ0) is 15.4. The summed E-state index contributed by atoms with van der Waals surface area (Å²) >= 11 is 3.51. The van der Waals surface area contributed by atoms with E-state index in [1.807, 2.05) is 32.0 Å². The summed E-state index contributed by atoms with van der Waals surface area (Å²) in [5.74, 6) is 2.80. The molecule has 0 bridgehead atoms. The van der Waals surface area contributed by atoms with Gasteiger partial charge >= 0.3 is 0 Å². The van der Waals surface area contributed by atoms with Crippen LogP contribution in [0, 0.1) is 6.92 Å². The van der Waals surface area contributed by atoms with Crippen molar-refractivity contribution in [1.29, 1.82) is 0 Å². The van der Waals surface area contributed by atoms with Gasteiger partial charge < -0.3 is 14.8 Å². The van der Waals surface area contributed by atoms with Gasteiger partial charge in [0, 0.05) is 12.6 Å². The Morgan fingerprint density at radius 1 is 1.19 bits per heavy atom. The molecule has 0 aliphatic carbocycles. The van der Waals surface area contributed by atoms with Gasteiger partial charge in [-0.2, -0.15) is 0 Å². The number of benzene rings is 1. The minimum absolute atomic E-state index is 0.617. The van der Waals surface area contributed by atoms with Crippen LogP contribution in [0.25, 0.3) is 11.4 Å². The smallest absolute Gasteiger partial charge is 0.165 e. The van der Waals surface area contributed by atoms with E-state index < -0.39 is 0 Å². The standard InChI is InChI=1S/C15H18BrN3O2/c1-5-17-15-13(16)9(2)18-14(19-15)11-7-6-10(20-3)8-12(11)21-4/h6-8H,5H2,1-4H3,(H,17,18,19). The van der Waals surface area contributed by atoms with E-state index >= 15 is 0 Å². The number of nitrogens with zero attached hydrogens (tertiary/aromatic N) is 2. The molecule has 0 amide bonds. The SMILES string of the molecule is CCNc1nc(-c2ccc(OC)cc2OC)nc(C)c1Br. The monoisotopic (exact) mass is 351 g/mol. The van der Waals surface area contributed by atoms with Crippen molar-refractivity contribution in [3.8, 4) is 22.9 Å². The molecule has 2 aromatic rings. The zero-order valence-electron chi connectivity index (χ0n) is 12.5. The number of halogens is 1. The first-order valence-electron chi connectivity index (χ1n) is 6.61. The normalized spacial score (nSPS) is 10.3. The Labute approximate surface area is 132 Å². The van der Waals surface area contributed by atoms with Gasteiger partial charge in [0.15, 0.2) is 5.82 Å².